The first-order chi connectivity index (χ1) is 10.9. The molecule has 1 N–H and O–H groups in total. The van der Waals surface area contributed by atoms with Crippen LogP contribution in [0.5, 0.6) is 0 Å². The number of benzene rings is 1. The van der Waals surface area contributed by atoms with Crippen molar-refractivity contribution in [1.29, 1.82) is 0 Å². The van der Waals surface area contributed by atoms with Gasteiger partial charge in [0.25, 0.3) is 0 Å². The summed E-state index contributed by atoms with van der Waals surface area (Å²) in [6, 6.07) is 8.33. The van der Waals surface area contributed by atoms with Gasteiger partial charge in [0.15, 0.2) is 0 Å². The van der Waals surface area contributed by atoms with E-state index in [1.54, 1.807) is 18.3 Å². The van der Waals surface area contributed by atoms with E-state index in [9.17, 15) is 4.39 Å². The maximum atomic E-state index is 13.2. The molecule has 1 aliphatic rings. The van der Waals surface area contributed by atoms with Gasteiger partial charge >= 0.3 is 0 Å². The fourth-order valence-electron chi connectivity index (χ4n) is 2.73. The highest BCUT2D eigenvalue weighted by Gasteiger charge is 2.29. The molecule has 0 radical (unpaired) electrons. The molecule has 1 aliphatic heterocycles. The van der Waals surface area contributed by atoms with Crippen molar-refractivity contribution in [2.45, 2.75) is 26.3 Å². The number of hydrogen-bond acceptors (Lipinski definition) is 3. The van der Waals surface area contributed by atoms with E-state index in [4.69, 9.17) is 0 Å². The minimum Gasteiger partial charge on any atom is -0.342 e. The van der Waals surface area contributed by atoms with Crippen LogP contribution in [-0.2, 0) is 0 Å². The lowest BCUT2D eigenvalue weighted by molar-refractivity contribution is 0.488. The quantitative estimate of drug-likeness (QED) is 0.821. The molecule has 0 atom stereocenters. The van der Waals surface area contributed by atoms with E-state index in [0.717, 1.165) is 30.2 Å². The van der Waals surface area contributed by atoms with Gasteiger partial charge in [-0.25, -0.2) is 9.37 Å². The lowest BCUT2D eigenvalue weighted by atomic mass is 10.1. The van der Waals surface area contributed by atoms with Crippen molar-refractivity contribution in [1.82, 2.24) is 10.3 Å². The minimum atomic E-state index is -0.273. The summed E-state index contributed by atoms with van der Waals surface area (Å²) in [7, 11) is 0. The van der Waals surface area contributed by atoms with Crippen LogP contribution in [0.25, 0.3) is 0 Å². The van der Waals surface area contributed by atoms with E-state index in [1.165, 1.54) is 12.1 Å². The SMILES string of the molecule is Cc1cc(C#Cc2cccc(F)c2)cnc1N1CNC(C)(C)C1. The third-order valence-corrected chi connectivity index (χ3v) is 3.86. The molecule has 0 amide bonds. The number of anilines is 1. The largest absolute Gasteiger partial charge is 0.342 e. The molecule has 1 fully saturated rings. The molecule has 0 aliphatic carbocycles. The first-order valence-electron chi connectivity index (χ1n) is 7.67. The monoisotopic (exact) mass is 309 g/mol. The molecule has 2 heterocycles. The lowest BCUT2D eigenvalue weighted by Gasteiger charge is -2.20. The highest BCUT2D eigenvalue weighted by Crippen LogP contribution is 2.23. The Labute approximate surface area is 136 Å². The normalized spacial score (nSPS) is 16.1. The Morgan fingerprint density at radius 3 is 2.65 bits per heavy atom. The van der Waals surface area contributed by atoms with Gasteiger partial charge in [-0.05, 0) is 50.6 Å². The molecule has 0 saturated carbocycles. The molecular formula is C19H20FN3. The third kappa shape index (κ3) is 3.69. The molecular weight excluding hydrogens is 289 g/mol. The summed E-state index contributed by atoms with van der Waals surface area (Å²) in [5.41, 5.74) is 2.69. The van der Waals surface area contributed by atoms with Crippen LogP contribution in [0.4, 0.5) is 10.2 Å². The summed E-state index contributed by atoms with van der Waals surface area (Å²) in [5, 5.41) is 3.46. The second-order valence-corrected chi connectivity index (χ2v) is 6.54. The van der Waals surface area contributed by atoms with Gasteiger partial charge in [0, 0.05) is 29.4 Å². The number of hydrogen-bond donors (Lipinski definition) is 1. The van der Waals surface area contributed by atoms with Gasteiger partial charge in [0.05, 0.1) is 6.67 Å². The smallest absolute Gasteiger partial charge is 0.132 e. The molecule has 118 valence electrons. The molecule has 2 aromatic rings. The Morgan fingerprint density at radius 1 is 1.22 bits per heavy atom. The van der Waals surface area contributed by atoms with Crippen molar-refractivity contribution < 1.29 is 4.39 Å². The topological polar surface area (TPSA) is 28.2 Å². The zero-order valence-corrected chi connectivity index (χ0v) is 13.7. The predicted octanol–water partition coefficient (Wildman–Crippen LogP) is 3.07. The van der Waals surface area contributed by atoms with E-state index in [-0.39, 0.29) is 11.4 Å². The van der Waals surface area contributed by atoms with E-state index in [2.05, 4.69) is 40.9 Å². The zero-order valence-electron chi connectivity index (χ0n) is 13.7. The molecule has 1 saturated heterocycles. The van der Waals surface area contributed by atoms with Crippen LogP contribution in [0.2, 0.25) is 0 Å². The zero-order chi connectivity index (χ0) is 16.4. The van der Waals surface area contributed by atoms with Gasteiger partial charge in [-0.3, -0.25) is 5.32 Å². The van der Waals surface area contributed by atoms with Crippen molar-refractivity contribution in [3.63, 3.8) is 0 Å². The van der Waals surface area contributed by atoms with E-state index in [0.29, 0.717) is 5.56 Å². The Morgan fingerprint density at radius 2 is 2.00 bits per heavy atom. The van der Waals surface area contributed by atoms with Crippen LogP contribution in [0.1, 0.15) is 30.5 Å². The Balaban J connectivity index is 1.81. The molecule has 3 nitrogen and oxygen atoms in total. The number of nitrogens with zero attached hydrogens (tertiary/aromatic N) is 2. The van der Waals surface area contributed by atoms with Crippen LogP contribution in [-0.4, -0.2) is 23.7 Å². The van der Waals surface area contributed by atoms with E-state index in [1.807, 2.05) is 13.0 Å². The molecule has 1 aromatic carbocycles. The van der Waals surface area contributed by atoms with E-state index < -0.39 is 0 Å². The predicted molar refractivity (Wildman–Crippen MR) is 90.8 cm³/mol. The van der Waals surface area contributed by atoms with Gasteiger partial charge in [-0.1, -0.05) is 17.9 Å². The summed E-state index contributed by atoms with van der Waals surface area (Å²) in [4.78, 5) is 6.80. The highest BCUT2D eigenvalue weighted by atomic mass is 19.1. The van der Waals surface area contributed by atoms with Crippen LogP contribution in [0.3, 0.4) is 0 Å². The van der Waals surface area contributed by atoms with Crippen molar-refractivity contribution >= 4 is 5.82 Å². The average Bonchev–Trinajstić information content (AvgIpc) is 2.85. The number of aryl methyl sites for hydroxylation is 1. The van der Waals surface area contributed by atoms with Crippen LogP contribution < -0.4 is 10.2 Å². The fourth-order valence-corrected chi connectivity index (χ4v) is 2.73. The number of halogens is 1. The first kappa shape index (κ1) is 15.5. The van der Waals surface area contributed by atoms with Crippen LogP contribution in [0, 0.1) is 24.6 Å². The number of rotatable bonds is 1. The first-order valence-corrected chi connectivity index (χ1v) is 7.67. The standard InChI is InChI=1S/C19H20FN3/c1-14-9-16(8-7-15-5-4-6-17(20)10-15)11-21-18(14)23-12-19(2,3)22-13-23/h4-6,9-11,22H,12-13H2,1-3H3. The van der Waals surface area contributed by atoms with Crippen LogP contribution in [0.15, 0.2) is 36.5 Å². The lowest BCUT2D eigenvalue weighted by Crippen LogP contribution is -2.34. The summed E-state index contributed by atoms with van der Waals surface area (Å²) in [6.07, 6.45) is 1.78. The van der Waals surface area contributed by atoms with Gasteiger partial charge in [-0.15, -0.1) is 0 Å². The molecule has 1 aromatic heterocycles. The van der Waals surface area contributed by atoms with E-state index >= 15 is 0 Å². The highest BCUT2D eigenvalue weighted by molar-refractivity contribution is 5.52. The number of pyridine rings is 1. The van der Waals surface area contributed by atoms with Gasteiger partial charge in [0.1, 0.15) is 11.6 Å². The Bertz CT molecular complexity index is 787. The van der Waals surface area contributed by atoms with Crippen molar-refractivity contribution in [2.75, 3.05) is 18.1 Å². The van der Waals surface area contributed by atoms with Gasteiger partial charge < -0.3 is 4.90 Å². The summed E-state index contributed by atoms with van der Waals surface area (Å²) >= 11 is 0. The van der Waals surface area contributed by atoms with Crippen molar-refractivity contribution in [2.24, 2.45) is 0 Å². The molecule has 0 unspecified atom stereocenters. The second-order valence-electron chi connectivity index (χ2n) is 6.54. The van der Waals surface area contributed by atoms with Crippen LogP contribution >= 0.6 is 0 Å². The van der Waals surface area contributed by atoms with Crippen molar-refractivity contribution in [3.8, 4) is 11.8 Å². The summed E-state index contributed by atoms with van der Waals surface area (Å²) in [6.45, 7) is 8.13. The molecule has 23 heavy (non-hydrogen) atoms. The van der Waals surface area contributed by atoms with Gasteiger partial charge in [-0.2, -0.15) is 0 Å². The fraction of sp³-hybridized carbons (Fsp3) is 0.316. The Kier molecular flexibility index (Phi) is 4.06. The molecule has 0 spiro atoms. The molecule has 0 bridgehead atoms. The molecule has 3 rings (SSSR count). The minimum absolute atomic E-state index is 0.101. The number of nitrogens with one attached hydrogen (secondary N) is 1. The third-order valence-electron chi connectivity index (χ3n) is 3.86. The second kappa shape index (κ2) is 6.02. The number of aromatic nitrogens is 1. The average molecular weight is 309 g/mol. The summed E-state index contributed by atoms with van der Waals surface area (Å²) in [5.74, 6) is 6.74. The maximum Gasteiger partial charge on any atom is 0.132 e. The summed E-state index contributed by atoms with van der Waals surface area (Å²) < 4.78 is 13.2. The van der Waals surface area contributed by atoms with Crippen molar-refractivity contribution in [3.05, 3.63) is 59.0 Å². The maximum absolute atomic E-state index is 13.2. The van der Waals surface area contributed by atoms with Gasteiger partial charge in [0.2, 0.25) is 0 Å². The molecule has 4 heteroatoms. The Hall–Kier alpha value is -2.38.